The molecule has 3 aromatic rings. The molecule has 0 aromatic heterocycles. The Labute approximate surface area is 237 Å². The maximum atomic E-state index is 13.2. The van der Waals surface area contributed by atoms with E-state index in [4.69, 9.17) is 18.9 Å². The Morgan fingerprint density at radius 1 is 1.18 bits per heavy atom. The molecule has 1 heterocycles. The maximum Gasteiger partial charge on any atom is 0.333 e. The van der Waals surface area contributed by atoms with Crippen molar-refractivity contribution in [3.05, 3.63) is 82.5 Å². The maximum absolute atomic E-state index is 13.2. The van der Waals surface area contributed by atoms with Crippen molar-refractivity contribution in [3.63, 3.8) is 0 Å². The first kappa shape index (κ1) is 28.5. The second-order valence-corrected chi connectivity index (χ2v) is 11.1. The van der Waals surface area contributed by atoms with Crippen molar-refractivity contribution in [1.82, 2.24) is 0 Å². The van der Waals surface area contributed by atoms with Gasteiger partial charge >= 0.3 is 5.97 Å². The lowest BCUT2D eigenvalue weighted by atomic mass is 10.0. The molecule has 7 nitrogen and oxygen atoms in total. The lowest BCUT2D eigenvalue weighted by molar-refractivity contribution is -0.154. The van der Waals surface area contributed by atoms with Crippen LogP contribution in [0.1, 0.15) is 51.2 Å². The highest BCUT2D eigenvalue weighted by atomic mass is 79.9. The Kier molecular flexibility index (Phi) is 9.50. The van der Waals surface area contributed by atoms with Crippen LogP contribution in [0.5, 0.6) is 5.75 Å². The van der Waals surface area contributed by atoms with E-state index in [0.717, 1.165) is 35.6 Å². The summed E-state index contributed by atoms with van der Waals surface area (Å²) in [6, 6.07) is 18.5. The third kappa shape index (κ3) is 7.98. The number of hydrogen-bond acceptors (Lipinski definition) is 7. The summed E-state index contributed by atoms with van der Waals surface area (Å²) in [4.78, 5) is 13.2. The van der Waals surface area contributed by atoms with Crippen LogP contribution in [-0.2, 0) is 25.6 Å². The average molecular weight is 594 g/mol. The van der Waals surface area contributed by atoms with E-state index < -0.39 is 17.6 Å². The minimum atomic E-state index is -0.859. The van der Waals surface area contributed by atoms with Crippen LogP contribution in [0.3, 0.4) is 0 Å². The van der Waals surface area contributed by atoms with Crippen molar-refractivity contribution >= 4 is 38.4 Å². The Hall–Kier alpha value is -3.54. The molecule has 204 valence electrons. The van der Waals surface area contributed by atoms with Gasteiger partial charge in [0, 0.05) is 27.7 Å². The van der Waals surface area contributed by atoms with Gasteiger partial charge in [-0.25, -0.2) is 4.79 Å². The summed E-state index contributed by atoms with van der Waals surface area (Å²) in [5.74, 6) is 0.152. The van der Waals surface area contributed by atoms with Gasteiger partial charge in [-0.05, 0) is 79.4 Å². The number of benzene rings is 3. The van der Waals surface area contributed by atoms with Crippen molar-refractivity contribution in [3.8, 4) is 11.8 Å². The van der Waals surface area contributed by atoms with Gasteiger partial charge in [-0.3, -0.25) is 0 Å². The van der Waals surface area contributed by atoms with Gasteiger partial charge in [0.05, 0.1) is 30.2 Å². The number of anilines is 1. The van der Waals surface area contributed by atoms with Gasteiger partial charge in [-0.1, -0.05) is 30.3 Å². The molecular formula is C31H33BrN2O5. The van der Waals surface area contributed by atoms with Gasteiger partial charge in [0.2, 0.25) is 0 Å². The summed E-state index contributed by atoms with van der Waals surface area (Å²) < 4.78 is 24.0. The van der Waals surface area contributed by atoms with Gasteiger partial charge in [0.1, 0.15) is 24.0 Å². The van der Waals surface area contributed by atoms with E-state index in [2.05, 4.69) is 27.3 Å². The fraction of sp³-hybridized carbons (Fsp3) is 0.355. The SMILES string of the molecule is CC(C)(C)OC(=O)C(/C=C/OC1CCCCO1)Nc1cc(OCc2ccccc2)c2ccc(C#N)cc2c1Br. The number of carbonyl (C=O) groups is 1. The molecule has 1 saturated heterocycles. The van der Waals surface area contributed by atoms with E-state index in [9.17, 15) is 10.1 Å². The van der Waals surface area contributed by atoms with Crippen molar-refractivity contribution in [2.75, 3.05) is 11.9 Å². The fourth-order valence-electron chi connectivity index (χ4n) is 4.14. The predicted molar refractivity (Wildman–Crippen MR) is 154 cm³/mol. The zero-order chi connectivity index (χ0) is 27.8. The van der Waals surface area contributed by atoms with Crippen LogP contribution in [-0.4, -0.2) is 30.5 Å². The molecule has 2 unspecified atom stereocenters. The summed E-state index contributed by atoms with van der Waals surface area (Å²) in [5, 5.41) is 14.4. The number of nitriles is 1. The molecule has 4 rings (SSSR count). The standard InChI is InChI=1S/C31H33BrN2O5/c1-31(2,3)39-30(35)25(14-16-37-28-11-7-8-15-36-28)34-26-18-27(38-20-21-9-5-4-6-10-21)23-13-12-22(19-33)17-24(23)29(26)32/h4-6,9-10,12-14,16-18,25,28,34H,7-8,11,15,20H2,1-3H3/b16-14+. The molecule has 0 saturated carbocycles. The van der Waals surface area contributed by atoms with Gasteiger partial charge in [0.25, 0.3) is 0 Å². The third-order valence-electron chi connectivity index (χ3n) is 6.01. The normalized spacial score (nSPS) is 16.4. The highest BCUT2D eigenvalue weighted by Crippen LogP contribution is 2.39. The summed E-state index contributed by atoms with van der Waals surface area (Å²) in [6.45, 7) is 6.49. The number of fused-ring (bicyclic) bond motifs is 1. The molecule has 0 radical (unpaired) electrons. The Morgan fingerprint density at radius 3 is 2.67 bits per heavy atom. The minimum absolute atomic E-state index is 0.330. The highest BCUT2D eigenvalue weighted by molar-refractivity contribution is 9.10. The van der Waals surface area contributed by atoms with Crippen molar-refractivity contribution in [2.45, 2.75) is 64.6 Å². The van der Waals surface area contributed by atoms with Crippen molar-refractivity contribution in [2.24, 2.45) is 0 Å². The second-order valence-electron chi connectivity index (χ2n) is 10.3. The first-order valence-corrected chi connectivity index (χ1v) is 13.8. The minimum Gasteiger partial charge on any atom is -0.488 e. The number of hydrogen-bond donors (Lipinski definition) is 1. The van der Waals surface area contributed by atoms with Crippen LogP contribution < -0.4 is 10.1 Å². The molecule has 39 heavy (non-hydrogen) atoms. The summed E-state index contributed by atoms with van der Waals surface area (Å²) in [5.41, 5.74) is 1.46. The molecule has 1 aliphatic rings. The molecule has 3 aromatic carbocycles. The van der Waals surface area contributed by atoms with Crippen molar-refractivity contribution in [1.29, 1.82) is 5.26 Å². The molecule has 1 N–H and O–H groups in total. The average Bonchev–Trinajstić information content (AvgIpc) is 2.93. The first-order chi connectivity index (χ1) is 18.7. The van der Waals surface area contributed by atoms with Crippen molar-refractivity contribution < 1.29 is 23.7 Å². The van der Waals surface area contributed by atoms with Gasteiger partial charge in [-0.15, -0.1) is 0 Å². The predicted octanol–water partition coefficient (Wildman–Crippen LogP) is 7.23. The number of halogens is 1. The lowest BCUT2D eigenvalue weighted by Crippen LogP contribution is -2.35. The number of nitrogens with zero attached hydrogens (tertiary/aromatic N) is 1. The van der Waals surface area contributed by atoms with E-state index in [0.29, 0.717) is 34.7 Å². The van der Waals surface area contributed by atoms with Gasteiger partial charge in [-0.2, -0.15) is 5.26 Å². The molecule has 1 fully saturated rings. The zero-order valence-corrected chi connectivity index (χ0v) is 24.0. The largest absolute Gasteiger partial charge is 0.488 e. The zero-order valence-electron chi connectivity index (χ0n) is 22.4. The van der Waals surface area contributed by atoms with E-state index >= 15 is 0 Å². The molecule has 0 spiro atoms. The monoisotopic (exact) mass is 592 g/mol. The number of rotatable bonds is 9. The molecule has 0 bridgehead atoms. The quantitative estimate of drug-likeness (QED) is 0.207. The summed E-state index contributed by atoms with van der Waals surface area (Å²) in [6.07, 6.45) is 5.64. The molecule has 0 amide bonds. The highest BCUT2D eigenvalue weighted by Gasteiger charge is 2.25. The molecule has 1 aliphatic heterocycles. The Morgan fingerprint density at radius 2 is 1.97 bits per heavy atom. The molecular weight excluding hydrogens is 560 g/mol. The molecule has 8 heteroatoms. The van der Waals surface area contributed by atoms with Crippen LogP contribution in [0.2, 0.25) is 0 Å². The molecule has 0 aliphatic carbocycles. The van der Waals surface area contributed by atoms with Crippen LogP contribution in [0.25, 0.3) is 10.8 Å². The van der Waals surface area contributed by atoms with Crippen LogP contribution >= 0.6 is 15.9 Å². The Balaban J connectivity index is 1.66. The fourth-order valence-corrected chi connectivity index (χ4v) is 4.69. The molecule has 2 atom stereocenters. The van der Waals surface area contributed by atoms with Gasteiger partial charge < -0.3 is 24.3 Å². The lowest BCUT2D eigenvalue weighted by Gasteiger charge is -2.25. The Bertz CT molecular complexity index is 1360. The summed E-state index contributed by atoms with van der Waals surface area (Å²) in [7, 11) is 0. The topological polar surface area (TPSA) is 89.8 Å². The number of nitrogens with one attached hydrogen (secondary N) is 1. The van der Waals surface area contributed by atoms with Crippen LogP contribution in [0.4, 0.5) is 5.69 Å². The number of ether oxygens (including phenoxy) is 4. The summed E-state index contributed by atoms with van der Waals surface area (Å²) >= 11 is 3.69. The van der Waals surface area contributed by atoms with E-state index in [1.54, 1.807) is 18.2 Å². The smallest absolute Gasteiger partial charge is 0.333 e. The van der Waals surface area contributed by atoms with Crippen LogP contribution in [0.15, 0.2) is 71.4 Å². The third-order valence-corrected chi connectivity index (χ3v) is 6.86. The number of carbonyl (C=O) groups excluding carboxylic acids is 1. The van der Waals surface area contributed by atoms with E-state index in [-0.39, 0.29) is 6.29 Å². The van der Waals surface area contributed by atoms with E-state index in [1.807, 2.05) is 63.2 Å². The number of esters is 1. The van der Waals surface area contributed by atoms with Crippen LogP contribution in [0, 0.1) is 11.3 Å². The second kappa shape index (κ2) is 13.0. The van der Waals surface area contributed by atoms with E-state index in [1.165, 1.54) is 6.26 Å². The first-order valence-electron chi connectivity index (χ1n) is 13.0. The van der Waals surface area contributed by atoms with Gasteiger partial charge in [0.15, 0.2) is 6.29 Å².